The molecule has 2 aliphatic rings. The van der Waals surface area contributed by atoms with Crippen molar-refractivity contribution in [3.8, 4) is 22.1 Å². The Bertz CT molecular complexity index is 1720. The molecule has 13 heteroatoms. The van der Waals surface area contributed by atoms with E-state index < -0.39 is 23.9 Å². The fraction of sp³-hybridized carbons (Fsp3) is 0.424. The van der Waals surface area contributed by atoms with E-state index in [2.05, 4.69) is 39.2 Å². The molecule has 242 valence electrons. The van der Waals surface area contributed by atoms with Crippen molar-refractivity contribution in [1.29, 1.82) is 0 Å². The van der Waals surface area contributed by atoms with Crippen molar-refractivity contribution in [2.45, 2.75) is 63.8 Å². The lowest BCUT2D eigenvalue weighted by Crippen LogP contribution is -2.55. The van der Waals surface area contributed by atoms with Gasteiger partial charge in [-0.1, -0.05) is 25.2 Å². The number of amides is 1. The van der Waals surface area contributed by atoms with Crippen molar-refractivity contribution in [3.63, 3.8) is 0 Å². The van der Waals surface area contributed by atoms with Gasteiger partial charge in [0.25, 0.3) is 11.5 Å². The Morgan fingerprint density at radius 2 is 1.91 bits per heavy atom. The maximum Gasteiger partial charge on any atom is 0.254 e. The van der Waals surface area contributed by atoms with E-state index in [1.807, 2.05) is 12.1 Å². The minimum Gasteiger partial charge on any atom is -0.457 e. The van der Waals surface area contributed by atoms with Crippen LogP contribution in [0.1, 0.15) is 60.0 Å². The molecule has 46 heavy (non-hydrogen) atoms. The van der Waals surface area contributed by atoms with Crippen LogP contribution in [0.15, 0.2) is 59.8 Å². The van der Waals surface area contributed by atoms with E-state index in [0.29, 0.717) is 37.5 Å². The van der Waals surface area contributed by atoms with Crippen LogP contribution in [0.2, 0.25) is 0 Å². The molecular weight excluding hydrogens is 614 g/mol. The standard InChI is InChI=1S/C33H36F2N6O4S/c1-20(2)32-38-39-33(46-32)21-3-5-24(6-4-21)45-29-16-25(26(34)15-22(29)17-41-19-36-11-7-30(41)42)31(43)37-28-8-12-40(18-27(28)35)23-9-13-44-14-10-23/h3-7,11,15-16,19-20,23,27-28H,8-10,12-14,17-18H2,1-2H3,(H,37,43). The summed E-state index contributed by atoms with van der Waals surface area (Å²) in [5, 5.41) is 13.0. The third-order valence-corrected chi connectivity index (χ3v) is 9.66. The summed E-state index contributed by atoms with van der Waals surface area (Å²) in [7, 11) is 0. The zero-order valence-corrected chi connectivity index (χ0v) is 26.5. The first kappa shape index (κ1) is 31.9. The zero-order chi connectivity index (χ0) is 32.2. The molecule has 2 aliphatic heterocycles. The van der Waals surface area contributed by atoms with Crippen molar-refractivity contribution in [2.24, 2.45) is 0 Å². The number of benzene rings is 2. The average molecular weight is 651 g/mol. The molecule has 0 saturated carbocycles. The van der Waals surface area contributed by atoms with Gasteiger partial charge in [-0.3, -0.25) is 19.1 Å². The highest BCUT2D eigenvalue weighted by molar-refractivity contribution is 7.14. The van der Waals surface area contributed by atoms with E-state index in [1.165, 1.54) is 46.6 Å². The highest BCUT2D eigenvalue weighted by atomic mass is 32.1. The maximum atomic E-state index is 15.5. The van der Waals surface area contributed by atoms with Crippen LogP contribution in [0, 0.1) is 5.82 Å². The van der Waals surface area contributed by atoms with Crippen LogP contribution in [0.4, 0.5) is 8.78 Å². The normalized spacial score (nSPS) is 19.3. The summed E-state index contributed by atoms with van der Waals surface area (Å²) in [6.07, 6.45) is 3.57. The summed E-state index contributed by atoms with van der Waals surface area (Å²) in [5.74, 6) is -0.657. The summed E-state index contributed by atoms with van der Waals surface area (Å²) in [5.41, 5.74) is 0.586. The molecule has 0 radical (unpaired) electrons. The third-order valence-electron chi connectivity index (χ3n) is 8.39. The quantitative estimate of drug-likeness (QED) is 0.264. The molecule has 2 aromatic carbocycles. The Balaban J connectivity index is 1.22. The molecule has 2 fully saturated rings. The van der Waals surface area contributed by atoms with Crippen LogP contribution in [0.3, 0.4) is 0 Å². The van der Waals surface area contributed by atoms with Crippen LogP contribution in [0.5, 0.6) is 11.5 Å². The van der Waals surface area contributed by atoms with Crippen LogP contribution < -0.4 is 15.6 Å². The number of piperidine rings is 1. The number of nitrogens with zero attached hydrogens (tertiary/aromatic N) is 5. The Labute approximate surface area is 269 Å². The minimum absolute atomic E-state index is 0.0428. The molecule has 0 aliphatic carbocycles. The predicted molar refractivity (Wildman–Crippen MR) is 170 cm³/mol. The molecule has 4 aromatic rings. The predicted octanol–water partition coefficient (Wildman–Crippen LogP) is 5.19. The summed E-state index contributed by atoms with van der Waals surface area (Å²) in [4.78, 5) is 31.9. The fourth-order valence-corrected chi connectivity index (χ4v) is 6.61. The smallest absolute Gasteiger partial charge is 0.254 e. The van der Waals surface area contributed by atoms with E-state index in [4.69, 9.17) is 9.47 Å². The number of rotatable bonds is 9. The van der Waals surface area contributed by atoms with E-state index in [9.17, 15) is 9.59 Å². The lowest BCUT2D eigenvalue weighted by molar-refractivity contribution is 0.00512. The number of ether oxygens (including phenoxy) is 2. The molecule has 4 heterocycles. The zero-order valence-electron chi connectivity index (χ0n) is 25.7. The van der Waals surface area contributed by atoms with E-state index in [-0.39, 0.29) is 41.9 Å². The molecule has 2 atom stereocenters. The first-order chi connectivity index (χ1) is 22.2. The highest BCUT2D eigenvalue weighted by Gasteiger charge is 2.34. The third kappa shape index (κ3) is 7.32. The van der Waals surface area contributed by atoms with Gasteiger partial charge in [-0.25, -0.2) is 13.8 Å². The molecule has 10 nitrogen and oxygen atoms in total. The van der Waals surface area contributed by atoms with Gasteiger partial charge in [0.05, 0.1) is 24.5 Å². The second kappa shape index (κ2) is 14.1. The van der Waals surface area contributed by atoms with Gasteiger partial charge in [0.1, 0.15) is 33.5 Å². The topological polar surface area (TPSA) is 111 Å². The Kier molecular flexibility index (Phi) is 9.81. The number of halogens is 2. The SMILES string of the molecule is CC(C)c1nnc(-c2ccc(Oc3cc(C(=O)NC4CCN(C5CCOCC5)CC4F)c(F)cc3Cn3cnccc3=O)cc2)s1. The van der Waals surface area contributed by atoms with Gasteiger partial charge in [0.2, 0.25) is 0 Å². The average Bonchev–Trinajstić information content (AvgIpc) is 3.56. The van der Waals surface area contributed by atoms with Gasteiger partial charge in [-0.05, 0) is 55.7 Å². The second-order valence-electron chi connectivity index (χ2n) is 11.9. The monoisotopic (exact) mass is 650 g/mol. The van der Waals surface area contributed by atoms with Gasteiger partial charge in [0, 0.05) is 61.7 Å². The van der Waals surface area contributed by atoms with E-state index >= 15 is 8.78 Å². The Hall–Kier alpha value is -4.07. The first-order valence-electron chi connectivity index (χ1n) is 15.5. The van der Waals surface area contributed by atoms with Crippen LogP contribution in [0.25, 0.3) is 10.6 Å². The minimum atomic E-state index is -1.29. The summed E-state index contributed by atoms with van der Waals surface area (Å²) in [6.45, 7) is 6.25. The molecule has 2 saturated heterocycles. The molecule has 0 bridgehead atoms. The number of carbonyl (C=O) groups is 1. The molecule has 1 amide bonds. The van der Waals surface area contributed by atoms with Gasteiger partial charge < -0.3 is 14.8 Å². The lowest BCUT2D eigenvalue weighted by Gasteiger charge is -2.40. The van der Waals surface area contributed by atoms with E-state index in [1.54, 1.807) is 12.1 Å². The first-order valence-corrected chi connectivity index (χ1v) is 16.3. The van der Waals surface area contributed by atoms with Crippen molar-refractivity contribution < 1.29 is 23.0 Å². The summed E-state index contributed by atoms with van der Waals surface area (Å²) in [6, 6.07) is 10.5. The fourth-order valence-electron chi connectivity index (χ4n) is 5.76. The van der Waals surface area contributed by atoms with Crippen molar-refractivity contribution in [2.75, 3.05) is 26.3 Å². The summed E-state index contributed by atoms with van der Waals surface area (Å²) >= 11 is 1.52. The van der Waals surface area contributed by atoms with Crippen LogP contribution in [-0.4, -0.2) is 75.1 Å². The number of alkyl halides is 1. The van der Waals surface area contributed by atoms with Gasteiger partial charge in [-0.15, -0.1) is 10.2 Å². The van der Waals surface area contributed by atoms with Crippen LogP contribution >= 0.6 is 11.3 Å². The summed E-state index contributed by atoms with van der Waals surface area (Å²) < 4.78 is 43.7. The number of hydrogen-bond acceptors (Lipinski definition) is 9. The molecule has 0 spiro atoms. The van der Waals surface area contributed by atoms with Gasteiger partial charge in [0.15, 0.2) is 0 Å². The van der Waals surface area contributed by atoms with Crippen molar-refractivity contribution in [3.05, 3.63) is 87.3 Å². The van der Waals surface area contributed by atoms with Gasteiger partial charge in [-0.2, -0.15) is 0 Å². The maximum absolute atomic E-state index is 15.5. The van der Waals surface area contributed by atoms with Gasteiger partial charge >= 0.3 is 0 Å². The van der Waals surface area contributed by atoms with Crippen LogP contribution in [-0.2, 0) is 11.3 Å². The molecule has 2 aromatic heterocycles. The Morgan fingerprint density at radius 3 is 2.61 bits per heavy atom. The van der Waals surface area contributed by atoms with Crippen molar-refractivity contribution >= 4 is 17.2 Å². The number of aromatic nitrogens is 4. The molecule has 1 N–H and O–H groups in total. The number of likely N-dealkylation sites (tertiary alicyclic amines) is 1. The molecular formula is C33H36F2N6O4S. The Morgan fingerprint density at radius 1 is 1.13 bits per heavy atom. The largest absolute Gasteiger partial charge is 0.457 e. The molecule has 6 rings (SSSR count). The van der Waals surface area contributed by atoms with Crippen molar-refractivity contribution in [1.82, 2.24) is 30.0 Å². The van der Waals surface area contributed by atoms with E-state index in [0.717, 1.165) is 28.4 Å². The second-order valence-corrected chi connectivity index (χ2v) is 12.9. The number of nitrogens with one attached hydrogen (secondary N) is 1. The lowest BCUT2D eigenvalue weighted by atomic mass is 9.98. The molecule has 2 unspecified atom stereocenters. The number of hydrogen-bond donors (Lipinski definition) is 1. The number of carbonyl (C=O) groups excluding carboxylic acids is 1. The highest BCUT2D eigenvalue weighted by Crippen LogP contribution is 2.33.